The van der Waals surface area contributed by atoms with Crippen LogP contribution in [-0.2, 0) is 24.3 Å². The third-order valence-corrected chi connectivity index (χ3v) is 7.00. The van der Waals surface area contributed by atoms with Crippen LogP contribution in [0.2, 0.25) is 0 Å². The van der Waals surface area contributed by atoms with Crippen LogP contribution in [0.15, 0.2) is 59.5 Å². The summed E-state index contributed by atoms with van der Waals surface area (Å²) >= 11 is 0. The van der Waals surface area contributed by atoms with E-state index in [0.29, 0.717) is 24.3 Å². The Morgan fingerprint density at radius 1 is 1.06 bits per heavy atom. The fourth-order valence-corrected chi connectivity index (χ4v) is 5.08. The Balaban J connectivity index is 1.59. The molecular formula is C23H26N2O5S. The Morgan fingerprint density at radius 2 is 1.77 bits per heavy atom. The van der Waals surface area contributed by atoms with Crippen LogP contribution in [-0.4, -0.2) is 44.3 Å². The molecule has 1 fully saturated rings. The van der Waals surface area contributed by atoms with Crippen molar-refractivity contribution < 1.29 is 22.7 Å². The second-order valence-electron chi connectivity index (χ2n) is 7.34. The summed E-state index contributed by atoms with van der Waals surface area (Å²) in [6.45, 7) is 2.26. The van der Waals surface area contributed by atoms with Gasteiger partial charge in [0.2, 0.25) is 10.0 Å². The molecule has 1 aliphatic heterocycles. The maximum absolute atomic E-state index is 13.0. The number of piperidine rings is 1. The number of hydrogen-bond acceptors (Lipinski definition) is 5. The van der Waals surface area contributed by atoms with Gasteiger partial charge in [-0.05, 0) is 49.1 Å². The smallest absolute Gasteiger partial charge is 0.331 e. The van der Waals surface area contributed by atoms with E-state index in [1.165, 1.54) is 16.4 Å². The zero-order chi connectivity index (χ0) is 22.3. The summed E-state index contributed by atoms with van der Waals surface area (Å²) in [5.41, 5.74) is 1.79. The fraction of sp³-hybridized carbons (Fsp3) is 0.304. The highest BCUT2D eigenvalue weighted by molar-refractivity contribution is 7.89. The van der Waals surface area contributed by atoms with Gasteiger partial charge in [-0.25, -0.2) is 13.2 Å². The number of sulfonamides is 1. The van der Waals surface area contributed by atoms with Gasteiger partial charge in [0, 0.05) is 24.9 Å². The highest BCUT2D eigenvalue weighted by Gasteiger charge is 2.27. The molecule has 0 aromatic heterocycles. The lowest BCUT2D eigenvalue weighted by Gasteiger charge is -2.26. The first-order valence-corrected chi connectivity index (χ1v) is 11.6. The van der Waals surface area contributed by atoms with Crippen LogP contribution >= 0.6 is 0 Å². The van der Waals surface area contributed by atoms with Crippen LogP contribution in [0.4, 0.5) is 5.69 Å². The third kappa shape index (κ3) is 6.26. The Bertz CT molecular complexity index is 1060. The normalized spacial score (nSPS) is 15.0. The van der Waals surface area contributed by atoms with Crippen molar-refractivity contribution in [3.05, 3.63) is 65.7 Å². The van der Waals surface area contributed by atoms with Gasteiger partial charge in [-0.15, -0.1) is 0 Å². The molecule has 0 aliphatic carbocycles. The lowest BCUT2D eigenvalue weighted by molar-refractivity contribution is -0.142. The van der Waals surface area contributed by atoms with Gasteiger partial charge in [0.05, 0.1) is 4.90 Å². The summed E-state index contributed by atoms with van der Waals surface area (Å²) in [7, 11) is -3.62. The second-order valence-corrected chi connectivity index (χ2v) is 9.25. The van der Waals surface area contributed by atoms with Crippen molar-refractivity contribution in [2.45, 2.75) is 31.1 Å². The average Bonchev–Trinajstić information content (AvgIpc) is 2.78. The van der Waals surface area contributed by atoms with E-state index >= 15 is 0 Å². The van der Waals surface area contributed by atoms with Gasteiger partial charge in [0.1, 0.15) is 0 Å². The monoisotopic (exact) mass is 442 g/mol. The molecular weight excluding hydrogens is 416 g/mol. The minimum Gasteiger partial charge on any atom is -0.452 e. The summed E-state index contributed by atoms with van der Waals surface area (Å²) < 4.78 is 32.4. The summed E-state index contributed by atoms with van der Waals surface area (Å²) in [6.07, 6.45) is 5.56. The molecule has 8 heteroatoms. The van der Waals surface area contributed by atoms with Gasteiger partial charge >= 0.3 is 5.97 Å². The molecule has 1 aliphatic rings. The number of ether oxygens (including phenoxy) is 1. The number of carbonyl (C=O) groups excluding carboxylic acids is 2. The quantitative estimate of drug-likeness (QED) is 0.524. The van der Waals surface area contributed by atoms with Crippen molar-refractivity contribution in [3.8, 4) is 0 Å². The van der Waals surface area contributed by atoms with Crippen LogP contribution in [0.3, 0.4) is 0 Å². The zero-order valence-electron chi connectivity index (χ0n) is 17.4. The first kappa shape index (κ1) is 22.7. The highest BCUT2D eigenvalue weighted by Crippen LogP contribution is 2.26. The minimum absolute atomic E-state index is 0.176. The number of amides is 1. The first-order valence-electron chi connectivity index (χ1n) is 10.2. The number of aryl methyl sites for hydroxylation is 1. The third-order valence-electron chi connectivity index (χ3n) is 4.96. The van der Waals surface area contributed by atoms with Crippen LogP contribution in [0.1, 0.15) is 30.4 Å². The summed E-state index contributed by atoms with van der Waals surface area (Å²) in [5.74, 6) is -1.19. The number of anilines is 1. The molecule has 1 heterocycles. The number of benzene rings is 2. The van der Waals surface area contributed by atoms with E-state index in [9.17, 15) is 18.0 Å². The highest BCUT2D eigenvalue weighted by atomic mass is 32.2. The van der Waals surface area contributed by atoms with E-state index < -0.39 is 28.5 Å². The summed E-state index contributed by atoms with van der Waals surface area (Å²) in [5, 5.41) is 2.59. The van der Waals surface area contributed by atoms with Crippen LogP contribution in [0.25, 0.3) is 6.08 Å². The molecule has 31 heavy (non-hydrogen) atoms. The first-order chi connectivity index (χ1) is 14.9. The van der Waals surface area contributed by atoms with E-state index in [-0.39, 0.29) is 4.90 Å². The molecule has 0 spiro atoms. The Morgan fingerprint density at radius 3 is 2.48 bits per heavy atom. The van der Waals surface area contributed by atoms with Crippen LogP contribution in [0, 0.1) is 6.92 Å². The number of rotatable bonds is 7. The number of carbonyl (C=O) groups is 2. The minimum atomic E-state index is -3.62. The largest absolute Gasteiger partial charge is 0.452 e. The molecule has 7 nitrogen and oxygen atoms in total. The van der Waals surface area contributed by atoms with E-state index in [2.05, 4.69) is 5.32 Å². The Kier molecular flexibility index (Phi) is 7.59. The van der Waals surface area contributed by atoms with Gasteiger partial charge in [-0.2, -0.15) is 4.31 Å². The molecule has 0 saturated carbocycles. The number of esters is 1. The van der Waals surface area contributed by atoms with Crippen molar-refractivity contribution in [3.63, 3.8) is 0 Å². The molecule has 1 saturated heterocycles. The van der Waals surface area contributed by atoms with Crippen molar-refractivity contribution in [1.29, 1.82) is 0 Å². The number of hydrogen-bond donors (Lipinski definition) is 1. The van der Waals surface area contributed by atoms with E-state index in [0.717, 1.165) is 24.8 Å². The second kappa shape index (κ2) is 10.4. The van der Waals surface area contributed by atoms with Crippen LogP contribution < -0.4 is 5.32 Å². The van der Waals surface area contributed by atoms with E-state index in [1.807, 2.05) is 30.3 Å². The maximum atomic E-state index is 13.0. The molecule has 2 aromatic carbocycles. The van der Waals surface area contributed by atoms with E-state index in [4.69, 9.17) is 4.74 Å². The van der Waals surface area contributed by atoms with Crippen molar-refractivity contribution in [1.82, 2.24) is 4.31 Å². The van der Waals surface area contributed by atoms with Gasteiger partial charge in [-0.3, -0.25) is 4.79 Å². The van der Waals surface area contributed by atoms with Crippen molar-refractivity contribution in [2.75, 3.05) is 25.0 Å². The molecule has 3 rings (SSSR count). The topological polar surface area (TPSA) is 92.8 Å². The standard InChI is InChI=1S/C23H26N2O5S/c1-18-10-12-20(16-21(18)31(28,29)25-14-6-3-7-15-25)24-22(26)17-30-23(27)13-11-19-8-4-2-5-9-19/h2,4-5,8-13,16H,3,6-7,14-15,17H2,1H3,(H,24,26)/b13-11+. The van der Waals surface area contributed by atoms with Gasteiger partial charge < -0.3 is 10.1 Å². The predicted octanol–water partition coefficient (Wildman–Crippen LogP) is 3.36. The van der Waals surface area contributed by atoms with Crippen molar-refractivity contribution >= 4 is 33.7 Å². The van der Waals surface area contributed by atoms with Gasteiger partial charge in [-0.1, -0.05) is 42.8 Å². The summed E-state index contributed by atoms with van der Waals surface area (Å²) in [6, 6.07) is 14.0. The zero-order valence-corrected chi connectivity index (χ0v) is 18.2. The Hall–Kier alpha value is -2.97. The van der Waals surface area contributed by atoms with Gasteiger partial charge in [0.15, 0.2) is 6.61 Å². The van der Waals surface area contributed by atoms with Crippen molar-refractivity contribution in [2.24, 2.45) is 0 Å². The fourth-order valence-electron chi connectivity index (χ4n) is 3.31. The SMILES string of the molecule is Cc1ccc(NC(=O)COC(=O)/C=C/c2ccccc2)cc1S(=O)(=O)N1CCCCC1. The molecule has 0 unspecified atom stereocenters. The van der Waals surface area contributed by atoms with Crippen LogP contribution in [0.5, 0.6) is 0 Å². The Labute approximate surface area is 182 Å². The maximum Gasteiger partial charge on any atom is 0.331 e. The number of nitrogens with one attached hydrogen (secondary N) is 1. The predicted molar refractivity (Wildman–Crippen MR) is 119 cm³/mol. The molecule has 0 radical (unpaired) electrons. The lowest BCUT2D eigenvalue weighted by atomic mass is 10.2. The lowest BCUT2D eigenvalue weighted by Crippen LogP contribution is -2.36. The molecule has 164 valence electrons. The molecule has 0 atom stereocenters. The molecule has 1 amide bonds. The molecule has 0 bridgehead atoms. The number of nitrogens with zero attached hydrogens (tertiary/aromatic N) is 1. The van der Waals surface area contributed by atoms with E-state index in [1.54, 1.807) is 25.1 Å². The van der Waals surface area contributed by atoms with Gasteiger partial charge in [0.25, 0.3) is 5.91 Å². The average molecular weight is 443 g/mol. The molecule has 1 N–H and O–H groups in total. The molecule has 2 aromatic rings. The summed E-state index contributed by atoms with van der Waals surface area (Å²) in [4.78, 5) is 24.1.